The van der Waals surface area contributed by atoms with Crippen molar-refractivity contribution in [3.05, 3.63) is 17.7 Å². The highest BCUT2D eigenvalue weighted by Gasteiger charge is 2.25. The van der Waals surface area contributed by atoms with Gasteiger partial charge in [-0.15, -0.1) is 0 Å². The second-order valence-corrected chi connectivity index (χ2v) is 5.24. The van der Waals surface area contributed by atoms with E-state index in [1.54, 1.807) is 21.3 Å². The van der Waals surface area contributed by atoms with Crippen LogP contribution in [0.25, 0.3) is 0 Å². The van der Waals surface area contributed by atoms with E-state index in [9.17, 15) is 4.39 Å². The maximum absolute atomic E-state index is 13.1. The lowest BCUT2D eigenvalue weighted by Crippen LogP contribution is -2.45. The first-order valence-corrected chi connectivity index (χ1v) is 7.55. The van der Waals surface area contributed by atoms with E-state index >= 15 is 0 Å². The van der Waals surface area contributed by atoms with Crippen molar-refractivity contribution in [2.45, 2.75) is 12.5 Å². The quantitative estimate of drug-likeness (QED) is 0.834. The van der Waals surface area contributed by atoms with Crippen LogP contribution in [0.15, 0.2) is 12.1 Å². The number of hydrogen-bond acceptors (Lipinski definition) is 5. The van der Waals surface area contributed by atoms with Gasteiger partial charge in [0.15, 0.2) is 11.5 Å². The van der Waals surface area contributed by atoms with E-state index in [1.807, 2.05) is 12.1 Å². The Hall–Kier alpha value is -1.53. The molecule has 124 valence electrons. The molecule has 0 saturated carbocycles. The van der Waals surface area contributed by atoms with Crippen LogP contribution in [0, 0.1) is 0 Å². The fourth-order valence-electron chi connectivity index (χ4n) is 2.95. The zero-order valence-electron chi connectivity index (χ0n) is 13.5. The topological polar surface area (TPSA) is 43.0 Å². The van der Waals surface area contributed by atoms with E-state index in [4.69, 9.17) is 14.2 Å². The molecule has 6 heteroatoms. The third-order valence-corrected chi connectivity index (χ3v) is 4.05. The molecular weight excluding hydrogens is 287 g/mol. The number of piperazine rings is 1. The van der Waals surface area contributed by atoms with Crippen molar-refractivity contribution in [1.29, 1.82) is 0 Å². The van der Waals surface area contributed by atoms with Gasteiger partial charge in [0.1, 0.15) is 0 Å². The summed E-state index contributed by atoms with van der Waals surface area (Å²) in [6, 6.07) is 3.86. The third-order valence-electron chi connectivity index (χ3n) is 4.05. The molecule has 0 aromatic heterocycles. The van der Waals surface area contributed by atoms with Crippen molar-refractivity contribution in [3.63, 3.8) is 0 Å². The summed E-state index contributed by atoms with van der Waals surface area (Å²) in [5.41, 5.74) is 0.994. The van der Waals surface area contributed by atoms with Gasteiger partial charge in [-0.25, -0.2) is 0 Å². The molecule has 1 aromatic carbocycles. The Kier molecular flexibility index (Phi) is 6.27. The first-order valence-electron chi connectivity index (χ1n) is 7.55. The predicted molar refractivity (Wildman–Crippen MR) is 83.9 cm³/mol. The summed E-state index contributed by atoms with van der Waals surface area (Å²) in [7, 11) is 4.77. The molecular formula is C16H25FN2O3. The minimum absolute atomic E-state index is 0.0146. The van der Waals surface area contributed by atoms with Crippen molar-refractivity contribution in [3.8, 4) is 17.2 Å². The monoisotopic (exact) mass is 312 g/mol. The molecule has 1 saturated heterocycles. The molecule has 1 aromatic rings. The SMILES string of the molecule is COc1cc([C@@H](CCF)N2CCNCC2)cc(OC)c1OC. The Bertz CT molecular complexity index is 453. The van der Waals surface area contributed by atoms with Gasteiger partial charge in [0, 0.05) is 32.2 Å². The number of ether oxygens (including phenoxy) is 3. The normalized spacial score (nSPS) is 17.1. The maximum atomic E-state index is 13.1. The lowest BCUT2D eigenvalue weighted by atomic mass is 10.0. The molecule has 1 aliphatic heterocycles. The van der Waals surface area contributed by atoms with E-state index in [0.717, 1.165) is 31.7 Å². The van der Waals surface area contributed by atoms with Crippen LogP contribution in [0.1, 0.15) is 18.0 Å². The summed E-state index contributed by atoms with van der Waals surface area (Å²) in [6.45, 7) is 3.30. The molecule has 0 radical (unpaired) electrons. The first kappa shape index (κ1) is 16.8. The van der Waals surface area contributed by atoms with Crippen molar-refractivity contribution in [1.82, 2.24) is 10.2 Å². The maximum Gasteiger partial charge on any atom is 0.203 e. The Labute approximate surface area is 131 Å². The summed E-state index contributed by atoms with van der Waals surface area (Å²) in [6.07, 6.45) is 0.457. The number of benzene rings is 1. The number of nitrogens with one attached hydrogen (secondary N) is 1. The Balaban J connectivity index is 2.37. The molecule has 1 atom stereocenters. The highest BCUT2D eigenvalue weighted by Crippen LogP contribution is 2.41. The molecule has 1 heterocycles. The second-order valence-electron chi connectivity index (χ2n) is 5.24. The number of nitrogens with zero attached hydrogens (tertiary/aromatic N) is 1. The van der Waals surface area contributed by atoms with E-state index < -0.39 is 0 Å². The fourth-order valence-corrected chi connectivity index (χ4v) is 2.95. The van der Waals surface area contributed by atoms with E-state index in [-0.39, 0.29) is 12.7 Å². The molecule has 0 aliphatic carbocycles. The van der Waals surface area contributed by atoms with Gasteiger partial charge in [-0.05, 0) is 24.1 Å². The van der Waals surface area contributed by atoms with Crippen molar-refractivity contribution in [2.75, 3.05) is 54.2 Å². The van der Waals surface area contributed by atoms with Crippen molar-refractivity contribution < 1.29 is 18.6 Å². The predicted octanol–water partition coefficient (Wildman–Crippen LogP) is 2.02. The fraction of sp³-hybridized carbons (Fsp3) is 0.625. The van der Waals surface area contributed by atoms with Crippen LogP contribution >= 0.6 is 0 Å². The van der Waals surface area contributed by atoms with Gasteiger partial charge >= 0.3 is 0 Å². The number of rotatable bonds is 7. The Morgan fingerprint density at radius 2 is 1.68 bits per heavy atom. The molecule has 1 fully saturated rings. The van der Waals surface area contributed by atoms with Gasteiger partial charge < -0.3 is 19.5 Å². The Morgan fingerprint density at radius 3 is 2.14 bits per heavy atom. The first-order chi connectivity index (χ1) is 10.7. The standard InChI is InChI=1S/C16H25FN2O3/c1-20-14-10-12(11-15(21-2)16(14)22-3)13(4-5-17)19-8-6-18-7-9-19/h10-11,13,18H,4-9H2,1-3H3/t13-/m1/s1. The summed E-state index contributed by atoms with van der Waals surface area (Å²) in [5.74, 6) is 1.78. The molecule has 0 unspecified atom stereocenters. The number of alkyl halides is 1. The molecule has 2 rings (SSSR count). The summed E-state index contributed by atoms with van der Waals surface area (Å²) >= 11 is 0. The number of methoxy groups -OCH3 is 3. The minimum Gasteiger partial charge on any atom is -0.493 e. The van der Waals surface area contributed by atoms with Gasteiger partial charge in [0.25, 0.3) is 0 Å². The van der Waals surface area contributed by atoms with E-state index in [1.165, 1.54) is 0 Å². The Morgan fingerprint density at radius 1 is 1.09 bits per heavy atom. The average molecular weight is 312 g/mol. The number of hydrogen-bond donors (Lipinski definition) is 1. The van der Waals surface area contributed by atoms with Gasteiger partial charge in [-0.3, -0.25) is 9.29 Å². The largest absolute Gasteiger partial charge is 0.493 e. The van der Waals surface area contributed by atoms with Crippen LogP contribution in [0.5, 0.6) is 17.2 Å². The lowest BCUT2D eigenvalue weighted by molar-refractivity contribution is 0.157. The lowest BCUT2D eigenvalue weighted by Gasteiger charge is -2.35. The van der Waals surface area contributed by atoms with Gasteiger partial charge in [-0.1, -0.05) is 0 Å². The molecule has 0 amide bonds. The van der Waals surface area contributed by atoms with E-state index in [0.29, 0.717) is 23.7 Å². The third kappa shape index (κ3) is 3.62. The van der Waals surface area contributed by atoms with Crippen LogP contribution in [0.4, 0.5) is 4.39 Å². The van der Waals surface area contributed by atoms with Crippen molar-refractivity contribution >= 4 is 0 Å². The van der Waals surface area contributed by atoms with Crippen LogP contribution in [-0.4, -0.2) is 59.1 Å². The molecule has 0 spiro atoms. The molecule has 0 bridgehead atoms. The van der Waals surface area contributed by atoms with Crippen LogP contribution < -0.4 is 19.5 Å². The molecule has 1 aliphatic rings. The smallest absolute Gasteiger partial charge is 0.203 e. The number of halogens is 1. The van der Waals surface area contributed by atoms with Gasteiger partial charge in [-0.2, -0.15) is 0 Å². The minimum atomic E-state index is -0.356. The second kappa shape index (κ2) is 8.19. The van der Waals surface area contributed by atoms with Crippen LogP contribution in [0.3, 0.4) is 0 Å². The zero-order valence-corrected chi connectivity index (χ0v) is 13.5. The molecule has 1 N–H and O–H groups in total. The van der Waals surface area contributed by atoms with Gasteiger partial charge in [0.05, 0.1) is 28.0 Å². The van der Waals surface area contributed by atoms with E-state index in [2.05, 4.69) is 10.2 Å². The zero-order chi connectivity index (χ0) is 15.9. The summed E-state index contributed by atoms with van der Waals surface area (Å²) < 4.78 is 29.2. The summed E-state index contributed by atoms with van der Waals surface area (Å²) in [5, 5.41) is 3.32. The molecule has 22 heavy (non-hydrogen) atoms. The highest BCUT2D eigenvalue weighted by atomic mass is 19.1. The van der Waals surface area contributed by atoms with Gasteiger partial charge in [0.2, 0.25) is 5.75 Å². The van der Waals surface area contributed by atoms with Crippen LogP contribution in [-0.2, 0) is 0 Å². The molecule has 5 nitrogen and oxygen atoms in total. The highest BCUT2D eigenvalue weighted by molar-refractivity contribution is 5.54. The summed E-state index contributed by atoms with van der Waals surface area (Å²) in [4.78, 5) is 2.30. The van der Waals surface area contributed by atoms with Crippen molar-refractivity contribution in [2.24, 2.45) is 0 Å². The van der Waals surface area contributed by atoms with Crippen LogP contribution in [0.2, 0.25) is 0 Å². The average Bonchev–Trinajstić information content (AvgIpc) is 2.59.